The van der Waals surface area contributed by atoms with E-state index in [0.29, 0.717) is 6.42 Å². The quantitative estimate of drug-likeness (QED) is 0.677. The van der Waals surface area contributed by atoms with Gasteiger partial charge in [-0.3, -0.25) is 10.1 Å². The number of benzene rings is 1. The molecule has 1 aromatic carbocycles. The molecule has 0 saturated heterocycles. The van der Waals surface area contributed by atoms with E-state index in [1.807, 2.05) is 30.3 Å². The molecule has 0 aliphatic heterocycles. The van der Waals surface area contributed by atoms with Crippen molar-refractivity contribution in [1.29, 1.82) is 0 Å². The number of aromatic nitrogens is 4. The number of ether oxygens (including phenoxy) is 1. The summed E-state index contributed by atoms with van der Waals surface area (Å²) in [6, 6.07) is 7.66. The fraction of sp³-hybridized carbons (Fsp3) is 0.375. The molecule has 0 fully saturated rings. The molecule has 10 nitrogen and oxygen atoms in total. The van der Waals surface area contributed by atoms with Crippen LogP contribution in [-0.4, -0.2) is 50.8 Å². The largest absolute Gasteiger partial charge is 0.454 e. The predicted molar refractivity (Wildman–Crippen MR) is 89.8 cm³/mol. The van der Waals surface area contributed by atoms with Gasteiger partial charge in [-0.2, -0.15) is 0 Å². The zero-order chi connectivity index (χ0) is 18.9. The van der Waals surface area contributed by atoms with E-state index in [9.17, 15) is 14.4 Å². The molecule has 0 aliphatic rings. The van der Waals surface area contributed by atoms with Gasteiger partial charge in [0.1, 0.15) is 6.33 Å². The molecule has 0 unspecified atom stereocenters. The van der Waals surface area contributed by atoms with Gasteiger partial charge in [-0.15, -0.1) is 5.10 Å². The Bertz CT molecular complexity index is 732. The van der Waals surface area contributed by atoms with Crippen LogP contribution >= 0.6 is 0 Å². The lowest BCUT2D eigenvalue weighted by molar-refractivity contribution is -0.152. The Morgan fingerprint density at radius 3 is 2.54 bits per heavy atom. The summed E-state index contributed by atoms with van der Waals surface area (Å²) in [6.45, 7) is 2.92. The highest BCUT2D eigenvalue weighted by Gasteiger charge is 2.25. The van der Waals surface area contributed by atoms with Crippen molar-refractivity contribution < 1.29 is 19.1 Å². The second-order valence-electron chi connectivity index (χ2n) is 5.78. The second-order valence-corrected chi connectivity index (χ2v) is 5.78. The Morgan fingerprint density at radius 1 is 1.19 bits per heavy atom. The van der Waals surface area contributed by atoms with Crippen molar-refractivity contribution in [2.75, 3.05) is 6.61 Å². The second kappa shape index (κ2) is 9.25. The van der Waals surface area contributed by atoms with E-state index in [1.165, 1.54) is 11.0 Å². The van der Waals surface area contributed by atoms with Crippen molar-refractivity contribution in [2.24, 2.45) is 0 Å². The van der Waals surface area contributed by atoms with Crippen molar-refractivity contribution in [1.82, 2.24) is 30.8 Å². The van der Waals surface area contributed by atoms with Crippen LogP contribution in [0, 0.1) is 0 Å². The molecule has 3 amide bonds. The molecule has 26 heavy (non-hydrogen) atoms. The molecule has 0 aliphatic carbocycles. The molecule has 2 N–H and O–H groups in total. The van der Waals surface area contributed by atoms with Crippen LogP contribution in [0.1, 0.15) is 25.5 Å². The average molecular weight is 360 g/mol. The lowest BCUT2D eigenvalue weighted by Gasteiger charge is -2.15. The van der Waals surface area contributed by atoms with E-state index in [1.54, 1.807) is 13.8 Å². The third-order valence-electron chi connectivity index (χ3n) is 3.25. The maximum absolute atomic E-state index is 12.4. The van der Waals surface area contributed by atoms with E-state index in [0.717, 1.165) is 5.56 Å². The van der Waals surface area contributed by atoms with Gasteiger partial charge in [-0.25, -0.2) is 14.3 Å². The third kappa shape index (κ3) is 5.96. The first-order valence-electron chi connectivity index (χ1n) is 7.99. The number of rotatable bonds is 7. The molecular formula is C16H20N6O4. The monoisotopic (exact) mass is 360 g/mol. The highest BCUT2D eigenvalue weighted by atomic mass is 16.5. The summed E-state index contributed by atoms with van der Waals surface area (Å²) in [5.41, 5.74) is 0.880. The highest BCUT2D eigenvalue weighted by molar-refractivity contribution is 5.95. The molecule has 0 saturated carbocycles. The van der Waals surface area contributed by atoms with Crippen molar-refractivity contribution in [3.63, 3.8) is 0 Å². The summed E-state index contributed by atoms with van der Waals surface area (Å²) in [7, 11) is 0. The van der Waals surface area contributed by atoms with E-state index >= 15 is 0 Å². The smallest absolute Gasteiger partial charge is 0.331 e. The molecule has 0 radical (unpaired) electrons. The normalized spacial score (nSPS) is 11.7. The summed E-state index contributed by atoms with van der Waals surface area (Å²) in [5.74, 6) is -1.41. The predicted octanol–water partition coefficient (Wildman–Crippen LogP) is 0.234. The van der Waals surface area contributed by atoms with Crippen LogP contribution in [0.15, 0.2) is 36.7 Å². The van der Waals surface area contributed by atoms with Crippen LogP contribution in [0.25, 0.3) is 0 Å². The van der Waals surface area contributed by atoms with Crippen LogP contribution in [0.4, 0.5) is 4.79 Å². The Labute approximate surface area is 149 Å². The number of urea groups is 1. The Morgan fingerprint density at radius 2 is 1.92 bits per heavy atom. The summed E-state index contributed by atoms with van der Waals surface area (Å²) >= 11 is 0. The van der Waals surface area contributed by atoms with Crippen LogP contribution in [0.5, 0.6) is 0 Å². The van der Waals surface area contributed by atoms with E-state index in [4.69, 9.17) is 4.74 Å². The van der Waals surface area contributed by atoms with Gasteiger partial charge in [-0.05, 0) is 29.8 Å². The number of nitrogens with zero attached hydrogens (tertiary/aromatic N) is 4. The maximum Gasteiger partial charge on any atom is 0.331 e. The standard InChI is InChI=1S/C16H20N6O4/c1-11(2)18-16(25)19-14(23)9-26-15(24)13(22-10-17-20-21-22)8-12-6-4-3-5-7-12/h3-7,10-11,13H,8-9H2,1-2H3,(H2,18,19,23,25)/t13-/m0/s1. The number of carbonyl (C=O) groups excluding carboxylic acids is 3. The van der Waals surface area contributed by atoms with Crippen molar-refractivity contribution in [2.45, 2.75) is 32.4 Å². The minimum absolute atomic E-state index is 0.125. The van der Waals surface area contributed by atoms with Crippen molar-refractivity contribution in [3.8, 4) is 0 Å². The molecule has 1 aromatic heterocycles. The summed E-state index contributed by atoms with van der Waals surface area (Å²) in [6.07, 6.45) is 1.59. The average Bonchev–Trinajstić information content (AvgIpc) is 3.12. The highest BCUT2D eigenvalue weighted by Crippen LogP contribution is 2.14. The lowest BCUT2D eigenvalue weighted by atomic mass is 10.1. The summed E-state index contributed by atoms with van der Waals surface area (Å²) < 4.78 is 6.28. The summed E-state index contributed by atoms with van der Waals surface area (Å²) in [5, 5.41) is 15.3. The number of hydrogen-bond donors (Lipinski definition) is 2. The van der Waals surface area contributed by atoms with Crippen LogP contribution in [-0.2, 0) is 20.7 Å². The first-order chi connectivity index (χ1) is 12.5. The van der Waals surface area contributed by atoms with E-state index in [2.05, 4.69) is 26.2 Å². The number of esters is 1. The number of nitrogens with one attached hydrogen (secondary N) is 2. The Hall–Kier alpha value is -3.30. The Kier molecular flexibility index (Phi) is 6.77. The maximum atomic E-state index is 12.4. The number of amides is 3. The molecule has 1 atom stereocenters. The van der Waals surface area contributed by atoms with Gasteiger partial charge < -0.3 is 10.1 Å². The SMILES string of the molecule is CC(C)NC(=O)NC(=O)COC(=O)[C@H](Cc1ccccc1)n1cnnn1. The first kappa shape index (κ1) is 19.0. The zero-order valence-corrected chi connectivity index (χ0v) is 14.5. The number of tetrazole rings is 1. The molecular weight excluding hydrogens is 340 g/mol. The van der Waals surface area contributed by atoms with Crippen LogP contribution in [0.3, 0.4) is 0 Å². The van der Waals surface area contributed by atoms with Crippen LogP contribution in [0.2, 0.25) is 0 Å². The molecule has 138 valence electrons. The minimum atomic E-state index is -0.829. The summed E-state index contributed by atoms with van der Waals surface area (Å²) in [4.78, 5) is 35.6. The third-order valence-corrected chi connectivity index (χ3v) is 3.25. The lowest BCUT2D eigenvalue weighted by Crippen LogP contribution is -2.44. The first-order valence-corrected chi connectivity index (χ1v) is 7.99. The van der Waals surface area contributed by atoms with Gasteiger partial charge in [0.25, 0.3) is 5.91 Å². The number of imide groups is 1. The topological polar surface area (TPSA) is 128 Å². The molecule has 1 heterocycles. The fourth-order valence-corrected chi connectivity index (χ4v) is 2.13. The van der Waals surface area contributed by atoms with Crippen molar-refractivity contribution in [3.05, 3.63) is 42.2 Å². The van der Waals surface area contributed by atoms with Gasteiger partial charge in [-0.1, -0.05) is 30.3 Å². The fourth-order valence-electron chi connectivity index (χ4n) is 2.13. The molecule has 0 spiro atoms. The molecule has 10 heteroatoms. The minimum Gasteiger partial charge on any atom is -0.454 e. The van der Waals surface area contributed by atoms with E-state index in [-0.39, 0.29) is 6.04 Å². The van der Waals surface area contributed by atoms with Crippen molar-refractivity contribution >= 4 is 17.9 Å². The molecule has 2 rings (SSSR count). The van der Waals surface area contributed by atoms with E-state index < -0.39 is 30.6 Å². The number of carbonyl (C=O) groups is 3. The van der Waals surface area contributed by atoms with Gasteiger partial charge in [0.05, 0.1) is 0 Å². The van der Waals surface area contributed by atoms with Gasteiger partial charge in [0.15, 0.2) is 12.6 Å². The van der Waals surface area contributed by atoms with Crippen LogP contribution < -0.4 is 10.6 Å². The zero-order valence-electron chi connectivity index (χ0n) is 14.5. The Balaban J connectivity index is 1.94. The molecule has 2 aromatic rings. The van der Waals surface area contributed by atoms with Gasteiger partial charge in [0.2, 0.25) is 0 Å². The van der Waals surface area contributed by atoms with Gasteiger partial charge >= 0.3 is 12.0 Å². The number of hydrogen-bond acceptors (Lipinski definition) is 7. The molecule has 0 bridgehead atoms. The van der Waals surface area contributed by atoms with Gasteiger partial charge in [0, 0.05) is 12.5 Å².